The number of aromatic carboxylic acids is 2. The van der Waals surface area contributed by atoms with Crippen molar-refractivity contribution >= 4 is 44.8 Å². The van der Waals surface area contributed by atoms with Crippen LogP contribution in [-0.2, 0) is 0 Å². The maximum atomic E-state index is 12.1. The lowest BCUT2D eigenvalue weighted by Gasteiger charge is -2.19. The number of hydrogen-bond donors (Lipinski definition) is 2. The molecule has 0 saturated heterocycles. The fraction of sp³-hybridized carbons (Fsp3) is 0.227. The largest absolute Gasteiger partial charge is 0.478 e. The second-order valence-corrected chi connectivity index (χ2v) is 7.52. The standard InChI is InChI=1S/C22H21N3O4/c1-10-7-6-8-13-9-14-16(11(2)15(10)13)20(24(4)5)23-25-12(3)17(21(26)27)18(19(14)25)22(28)29/h6-9H,1-5H3,(H,26,27)(H,28,29). The highest BCUT2D eigenvalue weighted by atomic mass is 16.4. The van der Waals surface area contributed by atoms with Crippen molar-refractivity contribution in [2.75, 3.05) is 19.0 Å². The average molecular weight is 391 g/mol. The van der Waals surface area contributed by atoms with Crippen molar-refractivity contribution in [1.82, 2.24) is 9.61 Å². The van der Waals surface area contributed by atoms with Gasteiger partial charge in [-0.05, 0) is 48.7 Å². The highest BCUT2D eigenvalue weighted by molar-refractivity contribution is 6.19. The molecular formula is C22H21N3O4. The quantitative estimate of drug-likeness (QED) is 0.512. The minimum absolute atomic E-state index is 0.232. The van der Waals surface area contributed by atoms with E-state index >= 15 is 0 Å². The van der Waals surface area contributed by atoms with Crippen molar-refractivity contribution in [2.45, 2.75) is 20.8 Å². The van der Waals surface area contributed by atoms with Gasteiger partial charge < -0.3 is 15.1 Å². The number of carboxylic acids is 2. The summed E-state index contributed by atoms with van der Waals surface area (Å²) >= 11 is 0. The van der Waals surface area contributed by atoms with E-state index in [4.69, 9.17) is 0 Å². The van der Waals surface area contributed by atoms with Crippen LogP contribution >= 0.6 is 0 Å². The molecule has 0 aliphatic heterocycles. The highest BCUT2D eigenvalue weighted by Crippen LogP contribution is 2.39. The van der Waals surface area contributed by atoms with Crippen LogP contribution in [0.2, 0.25) is 0 Å². The smallest absolute Gasteiger partial charge is 0.338 e. The molecular weight excluding hydrogens is 370 g/mol. The topological polar surface area (TPSA) is 95.1 Å². The number of anilines is 1. The van der Waals surface area contributed by atoms with E-state index in [0.29, 0.717) is 16.7 Å². The van der Waals surface area contributed by atoms with Crippen LogP contribution in [0.5, 0.6) is 0 Å². The first kappa shape index (κ1) is 18.7. The molecule has 2 aromatic carbocycles. The van der Waals surface area contributed by atoms with Crippen LogP contribution in [0.3, 0.4) is 0 Å². The van der Waals surface area contributed by atoms with Crippen LogP contribution in [0.25, 0.3) is 27.1 Å². The zero-order valence-corrected chi connectivity index (χ0v) is 16.9. The summed E-state index contributed by atoms with van der Waals surface area (Å²) < 4.78 is 1.45. The summed E-state index contributed by atoms with van der Waals surface area (Å²) in [4.78, 5) is 25.8. The Morgan fingerprint density at radius 1 is 1.00 bits per heavy atom. The number of nitrogens with zero attached hydrogens (tertiary/aromatic N) is 3. The van der Waals surface area contributed by atoms with Crippen molar-refractivity contribution in [3.05, 3.63) is 52.2 Å². The highest BCUT2D eigenvalue weighted by Gasteiger charge is 2.29. The third kappa shape index (κ3) is 2.47. The molecule has 0 atom stereocenters. The van der Waals surface area contributed by atoms with Gasteiger partial charge in [-0.15, -0.1) is 5.10 Å². The van der Waals surface area contributed by atoms with E-state index in [9.17, 15) is 19.8 Å². The molecule has 7 nitrogen and oxygen atoms in total. The lowest BCUT2D eigenvalue weighted by Crippen LogP contribution is -2.14. The minimum atomic E-state index is -1.28. The molecule has 148 valence electrons. The molecule has 2 heterocycles. The van der Waals surface area contributed by atoms with Gasteiger partial charge in [0.05, 0.1) is 16.8 Å². The fourth-order valence-corrected chi connectivity index (χ4v) is 4.33. The first-order valence-corrected chi connectivity index (χ1v) is 9.17. The molecule has 0 amide bonds. The third-order valence-corrected chi connectivity index (χ3v) is 5.53. The van der Waals surface area contributed by atoms with Crippen LogP contribution < -0.4 is 4.90 Å². The summed E-state index contributed by atoms with van der Waals surface area (Å²) in [5.41, 5.74) is 2.23. The van der Waals surface area contributed by atoms with E-state index in [2.05, 4.69) is 5.10 Å². The van der Waals surface area contributed by atoms with E-state index in [1.54, 1.807) is 6.92 Å². The Balaban J connectivity index is 2.41. The summed E-state index contributed by atoms with van der Waals surface area (Å²) in [6.45, 7) is 5.62. The number of carbonyl (C=O) groups is 2. The zero-order chi connectivity index (χ0) is 21.2. The second-order valence-electron chi connectivity index (χ2n) is 7.52. The number of aromatic nitrogens is 2. The van der Waals surface area contributed by atoms with Gasteiger partial charge in [-0.25, -0.2) is 14.1 Å². The summed E-state index contributed by atoms with van der Waals surface area (Å²) in [5.74, 6) is -1.91. The van der Waals surface area contributed by atoms with Crippen LogP contribution in [0.4, 0.5) is 5.82 Å². The molecule has 0 bridgehead atoms. The molecule has 0 spiro atoms. The van der Waals surface area contributed by atoms with Crippen LogP contribution in [0, 0.1) is 20.8 Å². The van der Waals surface area contributed by atoms with Crippen molar-refractivity contribution in [2.24, 2.45) is 0 Å². The monoisotopic (exact) mass is 391 g/mol. The summed E-state index contributed by atoms with van der Waals surface area (Å²) in [5, 5.41) is 27.8. The van der Waals surface area contributed by atoms with Crippen molar-refractivity contribution in [3.8, 4) is 0 Å². The minimum Gasteiger partial charge on any atom is -0.478 e. The summed E-state index contributed by atoms with van der Waals surface area (Å²) in [7, 11) is 3.73. The van der Waals surface area contributed by atoms with Crippen LogP contribution in [-0.4, -0.2) is 45.9 Å². The Morgan fingerprint density at radius 2 is 1.66 bits per heavy atom. The Bertz CT molecular complexity index is 1370. The van der Waals surface area contributed by atoms with E-state index in [-0.39, 0.29) is 16.8 Å². The normalized spacial score (nSPS) is 11.5. The molecule has 29 heavy (non-hydrogen) atoms. The molecule has 0 aliphatic rings. The Labute approximate surface area is 166 Å². The van der Waals surface area contributed by atoms with E-state index in [1.807, 2.05) is 57.1 Å². The molecule has 0 aliphatic carbocycles. The molecule has 0 unspecified atom stereocenters. The maximum Gasteiger partial charge on any atom is 0.338 e. The molecule has 2 aromatic heterocycles. The van der Waals surface area contributed by atoms with E-state index in [0.717, 1.165) is 27.3 Å². The zero-order valence-electron chi connectivity index (χ0n) is 16.9. The van der Waals surface area contributed by atoms with E-state index in [1.165, 1.54) is 4.52 Å². The number of aryl methyl sites for hydroxylation is 3. The second kappa shape index (κ2) is 6.20. The maximum absolute atomic E-state index is 12.1. The molecule has 0 radical (unpaired) electrons. The summed E-state index contributed by atoms with van der Waals surface area (Å²) in [6.07, 6.45) is 0. The van der Waals surface area contributed by atoms with Gasteiger partial charge in [0, 0.05) is 24.9 Å². The first-order valence-electron chi connectivity index (χ1n) is 9.17. The third-order valence-electron chi connectivity index (χ3n) is 5.53. The van der Waals surface area contributed by atoms with Gasteiger partial charge >= 0.3 is 11.9 Å². The summed E-state index contributed by atoms with van der Waals surface area (Å²) in [6, 6.07) is 7.91. The van der Waals surface area contributed by atoms with Gasteiger partial charge in [0.1, 0.15) is 5.56 Å². The molecule has 0 fully saturated rings. The van der Waals surface area contributed by atoms with Gasteiger partial charge in [-0.3, -0.25) is 0 Å². The Hall–Kier alpha value is -3.61. The number of hydrogen-bond acceptors (Lipinski definition) is 4. The fourth-order valence-electron chi connectivity index (χ4n) is 4.33. The predicted molar refractivity (Wildman–Crippen MR) is 113 cm³/mol. The average Bonchev–Trinajstić information content (AvgIpc) is 2.94. The van der Waals surface area contributed by atoms with Crippen molar-refractivity contribution in [3.63, 3.8) is 0 Å². The number of fused-ring (bicyclic) bond motifs is 4. The number of rotatable bonds is 3. The van der Waals surface area contributed by atoms with Gasteiger partial charge in [-0.1, -0.05) is 18.2 Å². The van der Waals surface area contributed by atoms with E-state index < -0.39 is 11.9 Å². The number of carboxylic acid groups (broad SMARTS) is 2. The van der Waals surface area contributed by atoms with Crippen LogP contribution in [0.1, 0.15) is 37.5 Å². The lowest BCUT2D eigenvalue weighted by molar-refractivity contribution is 0.0653. The molecule has 2 N–H and O–H groups in total. The lowest BCUT2D eigenvalue weighted by atomic mass is 9.94. The number of benzene rings is 2. The first-order chi connectivity index (χ1) is 13.6. The molecule has 0 saturated carbocycles. The molecule has 4 aromatic rings. The van der Waals surface area contributed by atoms with Gasteiger partial charge in [-0.2, -0.15) is 0 Å². The van der Waals surface area contributed by atoms with Crippen molar-refractivity contribution < 1.29 is 19.8 Å². The SMILES string of the molecule is Cc1cccc2cc3c(c(N(C)C)nn4c(C)c(C(=O)O)c(C(=O)O)c34)c(C)c12. The van der Waals surface area contributed by atoms with Crippen molar-refractivity contribution in [1.29, 1.82) is 0 Å². The molecule has 4 rings (SSSR count). The van der Waals surface area contributed by atoms with Gasteiger partial charge in [0.25, 0.3) is 0 Å². The molecule has 7 heteroatoms. The Kier molecular flexibility index (Phi) is 4.01. The van der Waals surface area contributed by atoms with Crippen LogP contribution in [0.15, 0.2) is 24.3 Å². The predicted octanol–water partition coefficient (Wildman–Crippen LogP) is 4.03. The van der Waals surface area contributed by atoms with Gasteiger partial charge in [0.2, 0.25) is 0 Å². The van der Waals surface area contributed by atoms with Gasteiger partial charge in [0.15, 0.2) is 5.82 Å². The Morgan fingerprint density at radius 3 is 2.24 bits per heavy atom.